The summed E-state index contributed by atoms with van der Waals surface area (Å²) in [5, 5.41) is 0.405. The minimum Gasteiger partial charge on any atom is -0.287 e. The second-order valence-corrected chi connectivity index (χ2v) is 7.15. The van der Waals surface area contributed by atoms with Crippen LogP contribution in [0.4, 0.5) is 0 Å². The molecule has 1 fully saturated rings. The van der Waals surface area contributed by atoms with E-state index in [0.717, 1.165) is 24.5 Å². The molecule has 1 nitrogen and oxygen atoms in total. The Morgan fingerprint density at radius 2 is 1.90 bits per heavy atom. The summed E-state index contributed by atoms with van der Waals surface area (Å²) in [4.78, 5) is 12.4. The van der Waals surface area contributed by atoms with Gasteiger partial charge in [-0.05, 0) is 30.1 Å². The maximum Gasteiger partial charge on any atom is 0.192 e. The molecule has 1 unspecified atom stereocenters. The Morgan fingerprint density at radius 1 is 1.20 bits per heavy atom. The monoisotopic (exact) mass is 290 g/mol. The molecular weight excluding hydrogens is 264 g/mol. The zero-order chi connectivity index (χ0) is 14.2. The zero-order valence-electron chi connectivity index (χ0n) is 12.5. The number of thioether (sulfide) groups is 1. The van der Waals surface area contributed by atoms with E-state index in [2.05, 4.69) is 31.2 Å². The molecule has 0 amide bonds. The van der Waals surface area contributed by atoms with Gasteiger partial charge in [0.2, 0.25) is 0 Å². The number of rotatable bonds is 6. The lowest BCUT2D eigenvalue weighted by Gasteiger charge is -2.25. The van der Waals surface area contributed by atoms with Gasteiger partial charge in [0.05, 0.1) is 0 Å². The molecule has 1 aromatic carbocycles. The highest BCUT2D eigenvalue weighted by atomic mass is 32.2. The van der Waals surface area contributed by atoms with E-state index in [1.54, 1.807) is 0 Å². The summed E-state index contributed by atoms with van der Waals surface area (Å²) in [5.41, 5.74) is 1.30. The molecule has 1 aliphatic rings. The first-order valence-electron chi connectivity index (χ1n) is 8.00. The summed E-state index contributed by atoms with van der Waals surface area (Å²) in [5.74, 6) is 1.89. The van der Waals surface area contributed by atoms with Crippen molar-refractivity contribution in [3.8, 4) is 0 Å². The van der Waals surface area contributed by atoms with E-state index < -0.39 is 0 Å². The fraction of sp³-hybridized carbons (Fsp3) is 0.611. The van der Waals surface area contributed by atoms with E-state index in [4.69, 9.17) is 0 Å². The molecule has 0 aromatic heterocycles. The van der Waals surface area contributed by atoms with Gasteiger partial charge in [0, 0.05) is 5.92 Å². The van der Waals surface area contributed by atoms with Crippen LogP contribution in [0.3, 0.4) is 0 Å². The summed E-state index contributed by atoms with van der Waals surface area (Å²) in [6.45, 7) is 2.07. The quantitative estimate of drug-likeness (QED) is 0.725. The molecule has 110 valence electrons. The van der Waals surface area contributed by atoms with Crippen LogP contribution in [0.25, 0.3) is 0 Å². The number of hydrogen-bond donors (Lipinski definition) is 0. The Labute approximate surface area is 127 Å². The Morgan fingerprint density at radius 3 is 2.55 bits per heavy atom. The van der Waals surface area contributed by atoms with Crippen molar-refractivity contribution < 1.29 is 4.79 Å². The maximum absolute atomic E-state index is 12.4. The van der Waals surface area contributed by atoms with E-state index in [9.17, 15) is 4.79 Å². The van der Waals surface area contributed by atoms with Gasteiger partial charge in [-0.3, -0.25) is 4.79 Å². The van der Waals surface area contributed by atoms with Crippen molar-refractivity contribution in [2.24, 2.45) is 11.8 Å². The number of carbonyl (C=O) groups excluding carboxylic acids is 1. The van der Waals surface area contributed by atoms with E-state index in [0.29, 0.717) is 5.12 Å². The third-order valence-electron chi connectivity index (χ3n) is 4.29. The Balaban J connectivity index is 1.98. The third-order valence-corrected chi connectivity index (χ3v) is 5.19. The van der Waals surface area contributed by atoms with Gasteiger partial charge in [-0.15, -0.1) is 0 Å². The van der Waals surface area contributed by atoms with E-state index in [1.807, 2.05) is 6.07 Å². The molecule has 2 rings (SSSR count). The van der Waals surface area contributed by atoms with Gasteiger partial charge in [0.25, 0.3) is 0 Å². The van der Waals surface area contributed by atoms with Gasteiger partial charge in [0.15, 0.2) is 5.12 Å². The first kappa shape index (κ1) is 15.6. The van der Waals surface area contributed by atoms with Crippen LogP contribution < -0.4 is 0 Å². The smallest absolute Gasteiger partial charge is 0.192 e. The molecule has 0 bridgehead atoms. The van der Waals surface area contributed by atoms with Crippen LogP contribution in [0.2, 0.25) is 0 Å². The molecule has 0 radical (unpaired) electrons. The Bertz CT molecular complexity index is 395. The van der Waals surface area contributed by atoms with Gasteiger partial charge in [-0.25, -0.2) is 0 Å². The van der Waals surface area contributed by atoms with Crippen LogP contribution in [0.15, 0.2) is 30.3 Å². The van der Waals surface area contributed by atoms with Crippen LogP contribution in [-0.4, -0.2) is 10.9 Å². The lowest BCUT2D eigenvalue weighted by molar-refractivity contribution is -0.114. The fourth-order valence-corrected chi connectivity index (χ4v) is 3.95. The topological polar surface area (TPSA) is 17.1 Å². The zero-order valence-corrected chi connectivity index (χ0v) is 13.3. The average molecular weight is 290 g/mol. The molecule has 1 aliphatic carbocycles. The number of hydrogen-bond acceptors (Lipinski definition) is 2. The highest BCUT2D eigenvalue weighted by Crippen LogP contribution is 2.32. The Hall–Kier alpha value is -0.760. The van der Waals surface area contributed by atoms with Crippen molar-refractivity contribution in [3.63, 3.8) is 0 Å². The summed E-state index contributed by atoms with van der Waals surface area (Å²) >= 11 is 1.51. The van der Waals surface area contributed by atoms with E-state index >= 15 is 0 Å². The minimum atomic E-state index is 0.213. The van der Waals surface area contributed by atoms with E-state index in [-0.39, 0.29) is 5.92 Å². The number of benzene rings is 1. The third kappa shape index (κ3) is 4.97. The highest BCUT2D eigenvalue weighted by molar-refractivity contribution is 8.13. The second kappa shape index (κ2) is 8.51. The second-order valence-electron chi connectivity index (χ2n) is 5.88. The summed E-state index contributed by atoms with van der Waals surface area (Å²) in [6.07, 6.45) is 8.78. The van der Waals surface area contributed by atoms with Crippen molar-refractivity contribution in [1.82, 2.24) is 0 Å². The molecule has 0 aliphatic heterocycles. The van der Waals surface area contributed by atoms with Crippen molar-refractivity contribution in [2.75, 3.05) is 5.75 Å². The highest BCUT2D eigenvalue weighted by Gasteiger charge is 2.24. The predicted octanol–water partition coefficient (Wildman–Crippen LogP) is 5.10. The van der Waals surface area contributed by atoms with Gasteiger partial charge >= 0.3 is 0 Å². The molecule has 2 heteroatoms. The molecule has 1 saturated carbocycles. The normalized spacial score (nSPS) is 17.9. The first-order valence-corrected chi connectivity index (χ1v) is 8.98. The van der Waals surface area contributed by atoms with Crippen LogP contribution >= 0.6 is 11.8 Å². The van der Waals surface area contributed by atoms with Crippen LogP contribution in [-0.2, 0) is 11.2 Å². The fourth-order valence-electron chi connectivity index (χ4n) is 3.25. The minimum absolute atomic E-state index is 0.213. The van der Waals surface area contributed by atoms with Crippen LogP contribution in [0.1, 0.15) is 51.0 Å². The summed E-state index contributed by atoms with van der Waals surface area (Å²) in [7, 11) is 0. The molecule has 0 heterocycles. The number of carbonyl (C=O) groups is 1. The SMILES string of the molecule is CCSC(=O)C(Cc1ccccc1)CC1CCCCC1. The van der Waals surface area contributed by atoms with Crippen molar-refractivity contribution >= 4 is 16.9 Å². The average Bonchev–Trinajstić information content (AvgIpc) is 2.49. The van der Waals surface area contributed by atoms with Gasteiger partial charge < -0.3 is 0 Å². The van der Waals surface area contributed by atoms with Crippen LogP contribution in [0.5, 0.6) is 0 Å². The van der Waals surface area contributed by atoms with Crippen molar-refractivity contribution in [1.29, 1.82) is 0 Å². The lowest BCUT2D eigenvalue weighted by atomic mass is 9.81. The van der Waals surface area contributed by atoms with Crippen LogP contribution in [0, 0.1) is 11.8 Å². The van der Waals surface area contributed by atoms with Gasteiger partial charge in [-0.1, -0.05) is 81.1 Å². The van der Waals surface area contributed by atoms with E-state index in [1.165, 1.54) is 49.4 Å². The summed E-state index contributed by atoms with van der Waals surface area (Å²) < 4.78 is 0. The maximum atomic E-state index is 12.4. The Kier molecular flexibility index (Phi) is 6.65. The molecule has 0 N–H and O–H groups in total. The molecule has 20 heavy (non-hydrogen) atoms. The lowest BCUT2D eigenvalue weighted by Crippen LogP contribution is -2.20. The molecule has 1 atom stereocenters. The van der Waals surface area contributed by atoms with Crippen molar-refractivity contribution in [2.45, 2.75) is 51.9 Å². The van der Waals surface area contributed by atoms with Crippen molar-refractivity contribution in [3.05, 3.63) is 35.9 Å². The molecule has 1 aromatic rings. The van der Waals surface area contributed by atoms with Gasteiger partial charge in [-0.2, -0.15) is 0 Å². The molecular formula is C18H26OS. The summed E-state index contributed by atoms with van der Waals surface area (Å²) in [6, 6.07) is 10.5. The first-order chi connectivity index (χ1) is 9.79. The van der Waals surface area contributed by atoms with Gasteiger partial charge in [0.1, 0.15) is 0 Å². The molecule has 0 spiro atoms. The predicted molar refractivity (Wildman–Crippen MR) is 88.0 cm³/mol. The largest absolute Gasteiger partial charge is 0.287 e. The molecule has 0 saturated heterocycles. The standard InChI is InChI=1S/C18H26OS/c1-2-20-18(19)17(13-15-9-5-3-6-10-15)14-16-11-7-4-8-12-16/h3,5-6,9-10,16-17H,2,4,7-8,11-14H2,1H3.